The van der Waals surface area contributed by atoms with Crippen LogP contribution in [0, 0.1) is 5.92 Å². The van der Waals surface area contributed by atoms with Gasteiger partial charge < -0.3 is 20.3 Å². The fourth-order valence-corrected chi connectivity index (χ4v) is 3.07. The van der Waals surface area contributed by atoms with Crippen LogP contribution in [0.5, 0.6) is 11.5 Å². The van der Waals surface area contributed by atoms with E-state index in [4.69, 9.17) is 4.74 Å². The molecule has 2 aliphatic heterocycles. The molecule has 2 aliphatic rings. The van der Waals surface area contributed by atoms with E-state index >= 15 is 0 Å². The van der Waals surface area contributed by atoms with E-state index in [1.165, 1.54) is 18.9 Å². The summed E-state index contributed by atoms with van der Waals surface area (Å²) >= 11 is 0. The van der Waals surface area contributed by atoms with Gasteiger partial charge in [-0.05, 0) is 25.3 Å². The Kier molecular flexibility index (Phi) is 3.14. The monoisotopic (exact) mass is 249 g/mol. The molecular weight excluding hydrogens is 230 g/mol. The standard InChI is InChI=1S/C14H19NO3/c16-12-3-1-2-9(14(12)17)7-15-8-10-6-11-4-5-13(10)18-11/h1-3,10-11,13,15-17H,4-8H2. The quantitative estimate of drug-likeness (QED) is 0.711. The highest BCUT2D eigenvalue weighted by Crippen LogP contribution is 2.38. The molecule has 2 saturated heterocycles. The van der Waals surface area contributed by atoms with E-state index < -0.39 is 0 Å². The number of phenols is 2. The minimum atomic E-state index is -0.0578. The van der Waals surface area contributed by atoms with Crippen molar-refractivity contribution in [3.63, 3.8) is 0 Å². The van der Waals surface area contributed by atoms with Crippen molar-refractivity contribution in [2.45, 2.75) is 38.0 Å². The maximum atomic E-state index is 9.68. The summed E-state index contributed by atoms with van der Waals surface area (Å²) in [6.45, 7) is 1.49. The number of hydrogen-bond acceptors (Lipinski definition) is 4. The molecule has 0 spiro atoms. The molecule has 2 heterocycles. The summed E-state index contributed by atoms with van der Waals surface area (Å²) in [5.41, 5.74) is 0.735. The van der Waals surface area contributed by atoms with E-state index in [0.29, 0.717) is 24.7 Å². The summed E-state index contributed by atoms with van der Waals surface area (Å²) in [4.78, 5) is 0. The van der Waals surface area contributed by atoms with Crippen LogP contribution in [0.1, 0.15) is 24.8 Å². The van der Waals surface area contributed by atoms with Crippen LogP contribution in [0.2, 0.25) is 0 Å². The molecule has 0 aromatic heterocycles. The van der Waals surface area contributed by atoms with Gasteiger partial charge in [0, 0.05) is 24.6 Å². The molecule has 0 amide bonds. The number of rotatable bonds is 4. The topological polar surface area (TPSA) is 61.7 Å². The second-order valence-electron chi connectivity index (χ2n) is 5.29. The molecule has 98 valence electrons. The molecule has 0 radical (unpaired) electrons. The van der Waals surface area contributed by atoms with Crippen LogP contribution < -0.4 is 5.32 Å². The first-order valence-electron chi connectivity index (χ1n) is 6.60. The largest absolute Gasteiger partial charge is 0.504 e. The highest BCUT2D eigenvalue weighted by molar-refractivity contribution is 5.44. The number of phenolic OH excluding ortho intramolecular Hbond substituents is 2. The van der Waals surface area contributed by atoms with E-state index in [1.807, 2.05) is 6.07 Å². The maximum Gasteiger partial charge on any atom is 0.161 e. The van der Waals surface area contributed by atoms with E-state index in [2.05, 4.69) is 5.32 Å². The lowest BCUT2D eigenvalue weighted by molar-refractivity contribution is 0.0924. The molecule has 1 aromatic rings. The number of para-hydroxylation sites is 1. The van der Waals surface area contributed by atoms with Crippen LogP contribution in [0.25, 0.3) is 0 Å². The minimum Gasteiger partial charge on any atom is -0.504 e. The number of hydrogen-bond donors (Lipinski definition) is 3. The predicted molar refractivity (Wildman–Crippen MR) is 67.5 cm³/mol. The first kappa shape index (κ1) is 11.8. The Hall–Kier alpha value is -1.26. The Balaban J connectivity index is 1.51. The minimum absolute atomic E-state index is 0.0193. The zero-order valence-corrected chi connectivity index (χ0v) is 10.3. The fraction of sp³-hybridized carbons (Fsp3) is 0.571. The zero-order valence-electron chi connectivity index (χ0n) is 10.3. The van der Waals surface area contributed by atoms with Crippen molar-refractivity contribution in [1.29, 1.82) is 0 Å². The van der Waals surface area contributed by atoms with Gasteiger partial charge in [-0.25, -0.2) is 0 Å². The summed E-state index contributed by atoms with van der Waals surface area (Å²) < 4.78 is 5.80. The Morgan fingerprint density at radius 1 is 1.28 bits per heavy atom. The van der Waals surface area contributed by atoms with E-state index in [9.17, 15) is 10.2 Å². The lowest BCUT2D eigenvalue weighted by Crippen LogP contribution is -2.29. The molecule has 3 N–H and O–H groups in total. The van der Waals surface area contributed by atoms with E-state index in [0.717, 1.165) is 18.5 Å². The lowest BCUT2D eigenvalue weighted by atomic mass is 9.89. The average molecular weight is 249 g/mol. The summed E-state index contributed by atoms with van der Waals surface area (Å²) in [5, 5.41) is 22.4. The molecule has 1 aromatic carbocycles. The summed E-state index contributed by atoms with van der Waals surface area (Å²) in [6, 6.07) is 5.05. The first-order chi connectivity index (χ1) is 8.74. The van der Waals surface area contributed by atoms with Crippen molar-refractivity contribution < 1.29 is 14.9 Å². The van der Waals surface area contributed by atoms with Crippen molar-refractivity contribution in [1.82, 2.24) is 5.32 Å². The number of benzene rings is 1. The Morgan fingerprint density at radius 2 is 2.17 bits per heavy atom. The summed E-state index contributed by atoms with van der Waals surface area (Å²) in [7, 11) is 0. The van der Waals surface area contributed by atoms with Crippen LogP contribution in [0.3, 0.4) is 0 Å². The van der Waals surface area contributed by atoms with Crippen molar-refractivity contribution >= 4 is 0 Å². The van der Waals surface area contributed by atoms with Crippen LogP contribution >= 0.6 is 0 Å². The Labute approximate surface area is 107 Å². The van der Waals surface area contributed by atoms with Gasteiger partial charge in [0.2, 0.25) is 0 Å². The van der Waals surface area contributed by atoms with E-state index in [1.54, 1.807) is 6.07 Å². The van der Waals surface area contributed by atoms with Crippen molar-refractivity contribution in [3.05, 3.63) is 23.8 Å². The number of aromatic hydroxyl groups is 2. The van der Waals surface area contributed by atoms with Gasteiger partial charge >= 0.3 is 0 Å². The van der Waals surface area contributed by atoms with Gasteiger partial charge in [0.15, 0.2) is 11.5 Å². The average Bonchev–Trinajstić information content (AvgIpc) is 2.97. The smallest absolute Gasteiger partial charge is 0.161 e. The van der Waals surface area contributed by atoms with Gasteiger partial charge in [0.05, 0.1) is 12.2 Å². The molecule has 2 fully saturated rings. The SMILES string of the molecule is Oc1cccc(CNCC2CC3CCC2O3)c1O. The Bertz CT molecular complexity index is 435. The maximum absolute atomic E-state index is 9.68. The van der Waals surface area contributed by atoms with Gasteiger partial charge in [0.1, 0.15) is 0 Å². The van der Waals surface area contributed by atoms with Crippen molar-refractivity contribution in [2.24, 2.45) is 5.92 Å². The zero-order chi connectivity index (χ0) is 12.5. The molecule has 2 bridgehead atoms. The third-order valence-corrected chi connectivity index (χ3v) is 4.05. The summed E-state index contributed by atoms with van der Waals surface area (Å²) in [5.74, 6) is 0.523. The van der Waals surface area contributed by atoms with E-state index in [-0.39, 0.29) is 11.5 Å². The predicted octanol–water partition coefficient (Wildman–Crippen LogP) is 1.75. The van der Waals surface area contributed by atoms with Crippen LogP contribution in [0.15, 0.2) is 18.2 Å². The van der Waals surface area contributed by atoms with Gasteiger partial charge in [-0.1, -0.05) is 12.1 Å². The molecule has 4 nitrogen and oxygen atoms in total. The molecule has 0 aliphatic carbocycles. The first-order valence-corrected chi connectivity index (χ1v) is 6.60. The van der Waals surface area contributed by atoms with Crippen molar-refractivity contribution in [3.8, 4) is 11.5 Å². The fourth-order valence-electron chi connectivity index (χ4n) is 3.07. The second-order valence-corrected chi connectivity index (χ2v) is 5.29. The highest BCUT2D eigenvalue weighted by atomic mass is 16.5. The molecule has 4 heteroatoms. The third kappa shape index (κ3) is 2.18. The highest BCUT2D eigenvalue weighted by Gasteiger charge is 2.40. The Morgan fingerprint density at radius 3 is 2.89 bits per heavy atom. The molecule has 0 saturated carbocycles. The van der Waals surface area contributed by atoms with Crippen LogP contribution in [0.4, 0.5) is 0 Å². The number of fused-ring (bicyclic) bond motifs is 2. The lowest BCUT2D eigenvalue weighted by Gasteiger charge is -2.19. The van der Waals surface area contributed by atoms with Gasteiger partial charge in [-0.15, -0.1) is 0 Å². The molecular formula is C14H19NO3. The van der Waals surface area contributed by atoms with Gasteiger partial charge in [-0.3, -0.25) is 0 Å². The van der Waals surface area contributed by atoms with Crippen LogP contribution in [-0.2, 0) is 11.3 Å². The molecule has 3 rings (SSSR count). The van der Waals surface area contributed by atoms with Gasteiger partial charge in [-0.2, -0.15) is 0 Å². The number of ether oxygens (including phenoxy) is 1. The number of nitrogens with one attached hydrogen (secondary N) is 1. The summed E-state index contributed by atoms with van der Waals surface area (Å²) in [6.07, 6.45) is 4.48. The third-order valence-electron chi connectivity index (χ3n) is 4.05. The second kappa shape index (κ2) is 4.78. The molecule has 3 atom stereocenters. The van der Waals surface area contributed by atoms with Gasteiger partial charge in [0.25, 0.3) is 0 Å². The van der Waals surface area contributed by atoms with Crippen LogP contribution in [-0.4, -0.2) is 29.0 Å². The normalized spacial score (nSPS) is 29.9. The molecule has 3 unspecified atom stereocenters. The molecule has 18 heavy (non-hydrogen) atoms. The van der Waals surface area contributed by atoms with Crippen molar-refractivity contribution in [2.75, 3.05) is 6.54 Å².